The van der Waals surface area contributed by atoms with Crippen molar-refractivity contribution in [1.29, 1.82) is 0 Å². The van der Waals surface area contributed by atoms with E-state index in [4.69, 9.17) is 4.74 Å². The SMILES string of the molecule is CCC(=O)OC(C(C)(C)C)C(C)(C)C. The van der Waals surface area contributed by atoms with Gasteiger partial charge in [-0.1, -0.05) is 48.5 Å². The molecule has 0 bridgehead atoms. The van der Waals surface area contributed by atoms with Crippen molar-refractivity contribution in [2.24, 2.45) is 10.8 Å². The van der Waals surface area contributed by atoms with Crippen molar-refractivity contribution in [3.8, 4) is 0 Å². The van der Waals surface area contributed by atoms with Crippen molar-refractivity contribution in [3.05, 3.63) is 0 Å². The van der Waals surface area contributed by atoms with Gasteiger partial charge in [0, 0.05) is 6.42 Å². The second-order valence-corrected chi connectivity index (χ2v) is 5.96. The molecule has 0 saturated carbocycles. The Kier molecular flexibility index (Phi) is 4.16. The van der Waals surface area contributed by atoms with Gasteiger partial charge in [-0.25, -0.2) is 0 Å². The van der Waals surface area contributed by atoms with Crippen molar-refractivity contribution in [3.63, 3.8) is 0 Å². The van der Waals surface area contributed by atoms with Crippen molar-refractivity contribution in [2.75, 3.05) is 0 Å². The van der Waals surface area contributed by atoms with Gasteiger partial charge in [0.2, 0.25) is 0 Å². The summed E-state index contributed by atoms with van der Waals surface area (Å²) in [6, 6.07) is 0. The third-order valence-corrected chi connectivity index (χ3v) is 2.11. The van der Waals surface area contributed by atoms with Crippen molar-refractivity contribution >= 4 is 5.97 Å². The summed E-state index contributed by atoms with van der Waals surface area (Å²) in [6.45, 7) is 14.4. The maximum atomic E-state index is 11.3. The average Bonchev–Trinajstić information content (AvgIpc) is 1.95. The molecule has 0 unspecified atom stereocenters. The van der Waals surface area contributed by atoms with E-state index in [-0.39, 0.29) is 22.9 Å². The van der Waals surface area contributed by atoms with E-state index in [9.17, 15) is 4.79 Å². The Balaban J connectivity index is 4.68. The molecule has 0 aliphatic heterocycles. The first kappa shape index (κ1) is 13.5. The molecule has 2 heteroatoms. The van der Waals surface area contributed by atoms with E-state index in [0.717, 1.165) is 0 Å². The van der Waals surface area contributed by atoms with Gasteiger partial charge in [0.15, 0.2) is 0 Å². The van der Waals surface area contributed by atoms with Gasteiger partial charge in [0.25, 0.3) is 0 Å². The van der Waals surface area contributed by atoms with E-state index < -0.39 is 0 Å². The van der Waals surface area contributed by atoms with Crippen LogP contribution in [-0.2, 0) is 9.53 Å². The number of carbonyl (C=O) groups excluding carboxylic acids is 1. The fourth-order valence-corrected chi connectivity index (χ4v) is 1.87. The molecule has 2 nitrogen and oxygen atoms in total. The minimum atomic E-state index is -0.111. The van der Waals surface area contributed by atoms with E-state index in [1.54, 1.807) is 0 Å². The molecule has 0 atom stereocenters. The molecule has 0 amide bonds. The first-order valence-electron chi connectivity index (χ1n) is 5.28. The van der Waals surface area contributed by atoms with Gasteiger partial charge in [-0.2, -0.15) is 0 Å². The van der Waals surface area contributed by atoms with Gasteiger partial charge in [0.1, 0.15) is 6.10 Å². The van der Waals surface area contributed by atoms with Crippen molar-refractivity contribution in [1.82, 2.24) is 0 Å². The Labute approximate surface area is 88.0 Å². The minimum Gasteiger partial charge on any atom is -0.461 e. The van der Waals surface area contributed by atoms with Crippen LogP contribution in [0.4, 0.5) is 0 Å². The maximum absolute atomic E-state index is 11.3. The van der Waals surface area contributed by atoms with Gasteiger partial charge in [-0.15, -0.1) is 0 Å². The Morgan fingerprint density at radius 3 is 1.64 bits per heavy atom. The van der Waals surface area contributed by atoms with Crippen molar-refractivity contribution in [2.45, 2.75) is 61.0 Å². The third kappa shape index (κ3) is 4.12. The van der Waals surface area contributed by atoms with Gasteiger partial charge in [0.05, 0.1) is 0 Å². The standard InChI is InChI=1S/C12H24O2/c1-8-9(13)14-10(11(2,3)4)12(5,6)7/h10H,8H2,1-7H3. The molecule has 0 aliphatic rings. The van der Waals surface area contributed by atoms with Gasteiger partial charge in [-0.3, -0.25) is 4.79 Å². The lowest BCUT2D eigenvalue weighted by Gasteiger charge is -2.39. The maximum Gasteiger partial charge on any atom is 0.305 e. The van der Waals surface area contributed by atoms with Crippen LogP contribution in [0, 0.1) is 10.8 Å². The molecular weight excluding hydrogens is 176 g/mol. The number of esters is 1. The lowest BCUT2D eigenvalue weighted by molar-refractivity contribution is -0.163. The lowest BCUT2D eigenvalue weighted by Crippen LogP contribution is -2.41. The Morgan fingerprint density at radius 1 is 1.07 bits per heavy atom. The summed E-state index contributed by atoms with van der Waals surface area (Å²) < 4.78 is 5.49. The van der Waals surface area contributed by atoms with Crippen molar-refractivity contribution < 1.29 is 9.53 Å². The highest BCUT2D eigenvalue weighted by molar-refractivity contribution is 5.69. The molecular formula is C12H24O2. The summed E-state index contributed by atoms with van der Waals surface area (Å²) in [7, 11) is 0. The highest BCUT2D eigenvalue weighted by Gasteiger charge is 2.37. The molecule has 0 spiro atoms. The topological polar surface area (TPSA) is 26.3 Å². The summed E-state index contributed by atoms with van der Waals surface area (Å²) in [5.74, 6) is -0.111. The highest BCUT2D eigenvalue weighted by Crippen LogP contribution is 2.36. The first-order chi connectivity index (χ1) is 6.09. The molecule has 0 fully saturated rings. The highest BCUT2D eigenvalue weighted by atomic mass is 16.5. The molecule has 0 radical (unpaired) electrons. The molecule has 0 rings (SSSR count). The summed E-state index contributed by atoms with van der Waals surface area (Å²) in [4.78, 5) is 11.3. The van der Waals surface area contributed by atoms with Crippen LogP contribution >= 0.6 is 0 Å². The van der Waals surface area contributed by atoms with Crippen LogP contribution in [0.2, 0.25) is 0 Å². The second kappa shape index (κ2) is 4.33. The Bertz CT molecular complexity index is 179. The third-order valence-electron chi connectivity index (χ3n) is 2.11. The van der Waals surface area contributed by atoms with Crippen LogP contribution in [-0.4, -0.2) is 12.1 Å². The zero-order chi connectivity index (χ0) is 11.6. The summed E-state index contributed by atoms with van der Waals surface area (Å²) in [5.41, 5.74) is -0.0217. The van der Waals surface area contributed by atoms with Crippen LogP contribution in [0.1, 0.15) is 54.9 Å². The summed E-state index contributed by atoms with van der Waals surface area (Å²) in [6.07, 6.45) is 0.408. The molecule has 0 aromatic heterocycles. The van der Waals surface area contributed by atoms with Gasteiger partial charge < -0.3 is 4.74 Å². The predicted octanol–water partition coefficient (Wildman–Crippen LogP) is 3.40. The predicted molar refractivity (Wildman–Crippen MR) is 59.1 cm³/mol. The van der Waals surface area contributed by atoms with Crippen LogP contribution < -0.4 is 0 Å². The molecule has 0 saturated heterocycles. The molecule has 0 aliphatic carbocycles. The lowest BCUT2D eigenvalue weighted by atomic mass is 9.74. The Hall–Kier alpha value is -0.530. The van der Waals surface area contributed by atoms with Crippen LogP contribution in [0.15, 0.2) is 0 Å². The summed E-state index contributed by atoms with van der Waals surface area (Å²) in [5, 5.41) is 0. The Morgan fingerprint density at radius 2 is 1.43 bits per heavy atom. The molecule has 0 heterocycles. The molecule has 0 aromatic carbocycles. The van der Waals surface area contributed by atoms with E-state index in [2.05, 4.69) is 41.5 Å². The van der Waals surface area contributed by atoms with E-state index in [0.29, 0.717) is 6.42 Å². The fourth-order valence-electron chi connectivity index (χ4n) is 1.87. The van der Waals surface area contributed by atoms with Gasteiger partial charge >= 0.3 is 5.97 Å². The smallest absolute Gasteiger partial charge is 0.305 e. The average molecular weight is 200 g/mol. The quantitative estimate of drug-likeness (QED) is 0.639. The fraction of sp³-hybridized carbons (Fsp3) is 0.917. The van der Waals surface area contributed by atoms with Crippen LogP contribution in [0.25, 0.3) is 0 Å². The second-order valence-electron chi connectivity index (χ2n) is 5.96. The number of ether oxygens (including phenoxy) is 1. The molecule has 14 heavy (non-hydrogen) atoms. The number of hydrogen-bond donors (Lipinski definition) is 0. The monoisotopic (exact) mass is 200 g/mol. The van der Waals surface area contributed by atoms with E-state index in [1.165, 1.54) is 0 Å². The zero-order valence-electron chi connectivity index (χ0n) is 10.6. The summed E-state index contributed by atoms with van der Waals surface area (Å²) >= 11 is 0. The number of hydrogen-bond acceptors (Lipinski definition) is 2. The van der Waals surface area contributed by atoms with Crippen LogP contribution in [0.5, 0.6) is 0 Å². The van der Waals surface area contributed by atoms with E-state index in [1.807, 2.05) is 6.92 Å². The molecule has 0 N–H and O–H groups in total. The largest absolute Gasteiger partial charge is 0.461 e. The van der Waals surface area contributed by atoms with Gasteiger partial charge in [-0.05, 0) is 10.8 Å². The normalized spacial score (nSPS) is 13.1. The molecule has 0 aromatic rings. The number of carbonyl (C=O) groups is 1. The minimum absolute atomic E-state index is 0.0108. The van der Waals surface area contributed by atoms with Crippen LogP contribution in [0.3, 0.4) is 0 Å². The molecule has 84 valence electrons. The van der Waals surface area contributed by atoms with E-state index >= 15 is 0 Å². The first-order valence-corrected chi connectivity index (χ1v) is 5.28. The zero-order valence-corrected chi connectivity index (χ0v) is 10.6. The number of rotatable bonds is 2.